The maximum absolute atomic E-state index is 13.3. The smallest absolute Gasteiger partial charge is 0.264 e. The van der Waals surface area contributed by atoms with Gasteiger partial charge in [0.2, 0.25) is 11.8 Å². The summed E-state index contributed by atoms with van der Waals surface area (Å²) in [6.45, 7) is 5.46. The molecule has 3 aromatic carbocycles. The highest BCUT2D eigenvalue weighted by Crippen LogP contribution is 2.32. The van der Waals surface area contributed by atoms with E-state index in [1.54, 1.807) is 30.3 Å². The summed E-state index contributed by atoms with van der Waals surface area (Å²) in [7, 11) is 0. The van der Waals surface area contributed by atoms with Crippen LogP contribution in [0.5, 0.6) is 0 Å². The van der Waals surface area contributed by atoms with Crippen molar-refractivity contribution in [2.45, 2.75) is 83.5 Å². The van der Waals surface area contributed by atoms with Crippen LogP contribution in [0.3, 0.4) is 0 Å². The SMILES string of the molecule is C[C@H]1CCCN1Cc1nc2cc(NC(=O)c3ccc(-c4cn(CCCCCCNc5cccc6c5C(=O)N(C5CCC(=O)NC5=O)C6=O)nn4)cc3)ccc2[nH]1. The predicted molar refractivity (Wildman–Crippen MR) is 209 cm³/mol. The average Bonchev–Trinajstić information content (AvgIpc) is 3.98. The number of aromatic nitrogens is 5. The lowest BCUT2D eigenvalue weighted by atomic mass is 10.0. The van der Waals surface area contributed by atoms with Crippen molar-refractivity contribution < 1.29 is 24.0 Å². The number of hydrogen-bond acceptors (Lipinski definition) is 10. The Morgan fingerprint density at radius 3 is 2.59 bits per heavy atom. The number of nitrogens with one attached hydrogen (secondary N) is 4. The van der Waals surface area contributed by atoms with Crippen LogP contribution < -0.4 is 16.0 Å². The number of unbranched alkanes of at least 4 members (excludes halogenated alkanes) is 3. The van der Waals surface area contributed by atoms with Gasteiger partial charge in [-0.15, -0.1) is 5.10 Å². The molecule has 0 radical (unpaired) electrons. The van der Waals surface area contributed by atoms with Crippen molar-refractivity contribution in [1.82, 2.24) is 40.1 Å². The van der Waals surface area contributed by atoms with E-state index in [4.69, 9.17) is 4.98 Å². The molecule has 0 saturated carbocycles. The summed E-state index contributed by atoms with van der Waals surface area (Å²) in [5.74, 6) is -1.34. The van der Waals surface area contributed by atoms with Crippen molar-refractivity contribution >= 4 is 51.9 Å². The molecule has 2 saturated heterocycles. The third-order valence-corrected chi connectivity index (χ3v) is 10.9. The zero-order valence-corrected chi connectivity index (χ0v) is 31.2. The van der Waals surface area contributed by atoms with E-state index in [1.807, 2.05) is 41.2 Å². The number of fused-ring (bicyclic) bond motifs is 2. The van der Waals surface area contributed by atoms with Crippen LogP contribution in [0.1, 0.15) is 95.2 Å². The van der Waals surface area contributed by atoms with E-state index in [2.05, 4.69) is 43.1 Å². The second kappa shape index (κ2) is 15.9. The lowest BCUT2D eigenvalue weighted by Gasteiger charge is -2.27. The number of aromatic amines is 1. The van der Waals surface area contributed by atoms with Crippen LogP contribution in [-0.2, 0) is 22.7 Å². The molecule has 5 amide bonds. The minimum atomic E-state index is -0.994. The summed E-state index contributed by atoms with van der Waals surface area (Å²) < 4.78 is 1.82. The van der Waals surface area contributed by atoms with Crippen molar-refractivity contribution in [3.8, 4) is 11.3 Å². The predicted octanol–water partition coefficient (Wildman–Crippen LogP) is 5.13. The Kier molecular flexibility index (Phi) is 10.4. The van der Waals surface area contributed by atoms with E-state index in [1.165, 1.54) is 12.8 Å². The van der Waals surface area contributed by atoms with Gasteiger partial charge in [0.1, 0.15) is 17.6 Å². The highest BCUT2D eigenvalue weighted by Gasteiger charge is 2.45. The molecule has 4 N–H and O–H groups in total. The molecular formula is C41H44N10O5. The lowest BCUT2D eigenvalue weighted by molar-refractivity contribution is -0.136. The van der Waals surface area contributed by atoms with Gasteiger partial charge < -0.3 is 15.6 Å². The second-order valence-electron chi connectivity index (χ2n) is 14.8. The maximum atomic E-state index is 13.3. The third-order valence-electron chi connectivity index (χ3n) is 10.9. The molecule has 15 nitrogen and oxygen atoms in total. The molecule has 0 aliphatic carbocycles. The summed E-state index contributed by atoms with van der Waals surface area (Å²) in [4.78, 5) is 75.0. The number of imide groups is 2. The van der Waals surface area contributed by atoms with Crippen LogP contribution in [0.25, 0.3) is 22.3 Å². The fourth-order valence-corrected chi connectivity index (χ4v) is 7.80. The second-order valence-corrected chi connectivity index (χ2v) is 14.8. The Morgan fingerprint density at radius 1 is 0.946 bits per heavy atom. The Morgan fingerprint density at radius 2 is 1.79 bits per heavy atom. The summed E-state index contributed by atoms with van der Waals surface area (Å²) in [6, 6.07) is 17.7. The molecule has 5 aromatic rings. The molecule has 8 rings (SSSR count). The number of amides is 5. The number of hydrogen-bond donors (Lipinski definition) is 4. The van der Waals surface area contributed by atoms with Gasteiger partial charge in [-0.25, -0.2) is 4.98 Å². The molecule has 15 heteroatoms. The molecular weight excluding hydrogens is 713 g/mol. The number of anilines is 2. The molecule has 2 fully saturated rings. The number of likely N-dealkylation sites (tertiary alicyclic amines) is 1. The molecule has 288 valence electrons. The van der Waals surface area contributed by atoms with E-state index in [-0.39, 0.29) is 29.9 Å². The molecule has 2 atom stereocenters. The minimum Gasteiger partial charge on any atom is -0.384 e. The van der Waals surface area contributed by atoms with Gasteiger partial charge in [-0.3, -0.25) is 43.8 Å². The monoisotopic (exact) mass is 756 g/mol. The molecule has 3 aliphatic rings. The molecule has 2 aromatic heterocycles. The van der Waals surface area contributed by atoms with E-state index >= 15 is 0 Å². The Balaban J connectivity index is 0.771. The normalized spacial score (nSPS) is 18.5. The van der Waals surface area contributed by atoms with Crippen molar-refractivity contribution in [3.05, 3.63) is 89.4 Å². The first-order chi connectivity index (χ1) is 27.2. The Bertz CT molecular complexity index is 2310. The molecule has 1 unspecified atom stereocenters. The van der Waals surface area contributed by atoms with Crippen LogP contribution in [0.2, 0.25) is 0 Å². The number of carbonyl (C=O) groups is 5. The number of rotatable bonds is 14. The zero-order valence-electron chi connectivity index (χ0n) is 31.2. The fraction of sp³-hybridized carbons (Fsp3) is 0.366. The zero-order chi connectivity index (χ0) is 38.8. The van der Waals surface area contributed by atoms with Crippen LogP contribution in [0.15, 0.2) is 66.9 Å². The van der Waals surface area contributed by atoms with Crippen LogP contribution in [0, 0.1) is 0 Å². The van der Waals surface area contributed by atoms with Gasteiger partial charge in [0.25, 0.3) is 17.7 Å². The first-order valence-corrected chi connectivity index (χ1v) is 19.3. The number of piperidine rings is 1. The van der Waals surface area contributed by atoms with Gasteiger partial charge in [-0.2, -0.15) is 0 Å². The first kappa shape index (κ1) is 36.7. The number of aryl methyl sites for hydroxylation is 1. The van der Waals surface area contributed by atoms with Gasteiger partial charge in [0, 0.05) is 48.1 Å². The first-order valence-electron chi connectivity index (χ1n) is 19.3. The van der Waals surface area contributed by atoms with Crippen molar-refractivity contribution in [3.63, 3.8) is 0 Å². The minimum absolute atomic E-state index is 0.0778. The lowest BCUT2D eigenvalue weighted by Crippen LogP contribution is -2.54. The van der Waals surface area contributed by atoms with Gasteiger partial charge in [-0.05, 0) is 88.0 Å². The van der Waals surface area contributed by atoms with Gasteiger partial charge >= 0.3 is 0 Å². The number of carbonyl (C=O) groups excluding carboxylic acids is 5. The number of nitrogens with zero attached hydrogens (tertiary/aromatic N) is 6. The van der Waals surface area contributed by atoms with Crippen LogP contribution in [-0.4, -0.2) is 89.5 Å². The molecule has 3 aliphatic heterocycles. The van der Waals surface area contributed by atoms with Gasteiger partial charge in [-0.1, -0.05) is 36.3 Å². The quantitative estimate of drug-likeness (QED) is 0.0874. The van der Waals surface area contributed by atoms with E-state index in [9.17, 15) is 24.0 Å². The highest BCUT2D eigenvalue weighted by atomic mass is 16.2. The molecule has 5 heterocycles. The van der Waals surface area contributed by atoms with E-state index in [0.29, 0.717) is 36.1 Å². The number of benzene rings is 3. The summed E-state index contributed by atoms with van der Waals surface area (Å²) in [6.07, 6.45) is 8.19. The molecule has 0 spiro atoms. The van der Waals surface area contributed by atoms with E-state index < -0.39 is 29.7 Å². The fourth-order valence-electron chi connectivity index (χ4n) is 7.80. The van der Waals surface area contributed by atoms with Crippen LogP contribution in [0.4, 0.5) is 11.4 Å². The van der Waals surface area contributed by atoms with Crippen molar-refractivity contribution in [2.24, 2.45) is 0 Å². The standard InChI is InChI=1S/C41H44N10O5/c1-25-8-7-20-49(25)24-35-44-30-16-15-28(22-32(30)45-35)43-38(53)27-13-11-26(12-14-27)33-23-50(48-47-33)21-5-3-2-4-19-42-31-10-6-9-29-37(31)41(56)51(40(29)55)34-17-18-36(52)46-39(34)54/h6,9-16,22-23,25,34,42H,2-5,7-8,17-21,24H2,1H3,(H,43,53)(H,44,45)(H,46,52,54)/t25-,34?/m0/s1. The van der Waals surface area contributed by atoms with Gasteiger partial charge in [0.05, 0.1) is 34.9 Å². The summed E-state index contributed by atoms with van der Waals surface area (Å²) >= 11 is 0. The Labute approximate surface area is 323 Å². The highest BCUT2D eigenvalue weighted by molar-refractivity contribution is 6.25. The maximum Gasteiger partial charge on any atom is 0.264 e. The molecule has 0 bridgehead atoms. The summed E-state index contributed by atoms with van der Waals surface area (Å²) in [5.41, 5.74) is 5.67. The van der Waals surface area contributed by atoms with Gasteiger partial charge in [0.15, 0.2) is 0 Å². The average molecular weight is 757 g/mol. The van der Waals surface area contributed by atoms with Crippen LogP contribution >= 0.6 is 0 Å². The van der Waals surface area contributed by atoms with Crippen molar-refractivity contribution in [2.75, 3.05) is 23.7 Å². The third kappa shape index (κ3) is 7.67. The molecule has 56 heavy (non-hydrogen) atoms. The van der Waals surface area contributed by atoms with Crippen molar-refractivity contribution in [1.29, 1.82) is 0 Å². The summed E-state index contributed by atoms with van der Waals surface area (Å²) in [5, 5.41) is 17.1. The number of H-pyrrole nitrogens is 1. The largest absolute Gasteiger partial charge is 0.384 e. The Hall–Kier alpha value is -6.22. The number of imidazole rings is 1. The topological polar surface area (TPSA) is 187 Å². The van der Waals surface area contributed by atoms with E-state index in [0.717, 1.165) is 71.8 Å².